The van der Waals surface area contributed by atoms with E-state index < -0.39 is 11.5 Å². The molecule has 114 valence electrons. The first kappa shape index (κ1) is 16.1. The maximum Gasteiger partial charge on any atom is 0.408 e. The minimum Gasteiger partial charge on any atom is -0.453 e. The van der Waals surface area contributed by atoms with Gasteiger partial charge in [0.2, 0.25) is 0 Å². The van der Waals surface area contributed by atoms with Gasteiger partial charge in [-0.3, -0.25) is 4.79 Å². The summed E-state index contributed by atoms with van der Waals surface area (Å²) in [5.41, 5.74) is 1.68. The van der Waals surface area contributed by atoms with Gasteiger partial charge in [0.15, 0.2) is 5.78 Å². The summed E-state index contributed by atoms with van der Waals surface area (Å²) >= 11 is 1.28. The molecule has 1 N–H and O–H groups in total. The largest absolute Gasteiger partial charge is 0.453 e. The molecular formula is C17H17NO3S. The number of carbonyl (C=O) groups is 2. The van der Waals surface area contributed by atoms with Crippen LogP contribution in [0.4, 0.5) is 4.79 Å². The second-order valence-corrected chi connectivity index (χ2v) is 5.86. The standard InChI is InChI=1S/C17H17NO3S/c1-12-8-10-14(11-9-12)22-16(18-17(20)21-2)15(19)13-6-4-3-5-7-13/h3-11,16H,1-2H3,(H,18,20). The molecule has 1 atom stereocenters. The van der Waals surface area contributed by atoms with Gasteiger partial charge in [-0.1, -0.05) is 59.8 Å². The van der Waals surface area contributed by atoms with Gasteiger partial charge in [0, 0.05) is 10.5 Å². The van der Waals surface area contributed by atoms with E-state index in [9.17, 15) is 9.59 Å². The molecule has 1 amide bonds. The fourth-order valence-corrected chi connectivity index (χ4v) is 2.78. The summed E-state index contributed by atoms with van der Waals surface area (Å²) in [7, 11) is 1.27. The van der Waals surface area contributed by atoms with Crippen molar-refractivity contribution in [1.82, 2.24) is 5.32 Å². The summed E-state index contributed by atoms with van der Waals surface area (Å²) in [6.45, 7) is 1.99. The molecule has 0 fully saturated rings. The highest BCUT2D eigenvalue weighted by molar-refractivity contribution is 8.00. The van der Waals surface area contributed by atoms with E-state index in [4.69, 9.17) is 0 Å². The first-order valence-corrected chi connectivity index (χ1v) is 7.65. The van der Waals surface area contributed by atoms with Crippen LogP contribution in [0.2, 0.25) is 0 Å². The number of benzene rings is 2. The number of methoxy groups -OCH3 is 1. The summed E-state index contributed by atoms with van der Waals surface area (Å²) in [6.07, 6.45) is -0.631. The van der Waals surface area contributed by atoms with E-state index in [1.807, 2.05) is 37.3 Å². The molecule has 0 saturated heterocycles. The number of hydrogen-bond acceptors (Lipinski definition) is 4. The Kier molecular flexibility index (Phi) is 5.61. The van der Waals surface area contributed by atoms with Crippen molar-refractivity contribution in [2.45, 2.75) is 17.2 Å². The average Bonchev–Trinajstić information content (AvgIpc) is 2.56. The smallest absolute Gasteiger partial charge is 0.408 e. The highest BCUT2D eigenvalue weighted by Gasteiger charge is 2.23. The lowest BCUT2D eigenvalue weighted by Crippen LogP contribution is -2.38. The third-order valence-electron chi connectivity index (χ3n) is 3.01. The number of aryl methyl sites for hydroxylation is 1. The van der Waals surface area contributed by atoms with Gasteiger partial charge < -0.3 is 10.1 Å². The summed E-state index contributed by atoms with van der Waals surface area (Å²) in [6, 6.07) is 16.6. The van der Waals surface area contributed by atoms with Crippen molar-refractivity contribution in [3.8, 4) is 0 Å². The molecule has 0 aliphatic heterocycles. The highest BCUT2D eigenvalue weighted by Crippen LogP contribution is 2.25. The second kappa shape index (κ2) is 7.66. The van der Waals surface area contributed by atoms with Crippen LogP contribution >= 0.6 is 11.8 Å². The number of ether oxygens (including phenoxy) is 1. The van der Waals surface area contributed by atoms with Crippen LogP contribution in [-0.2, 0) is 4.74 Å². The molecule has 0 radical (unpaired) electrons. The molecular weight excluding hydrogens is 298 g/mol. The fraction of sp³-hybridized carbons (Fsp3) is 0.176. The van der Waals surface area contributed by atoms with Crippen molar-refractivity contribution in [3.05, 3.63) is 65.7 Å². The van der Waals surface area contributed by atoms with Crippen LogP contribution in [-0.4, -0.2) is 24.4 Å². The predicted octanol–water partition coefficient (Wildman–Crippen LogP) is 3.65. The van der Waals surface area contributed by atoms with E-state index in [2.05, 4.69) is 10.1 Å². The molecule has 1 unspecified atom stereocenters. The first-order valence-electron chi connectivity index (χ1n) is 6.77. The fourth-order valence-electron chi connectivity index (χ4n) is 1.82. The Balaban J connectivity index is 2.20. The van der Waals surface area contributed by atoms with Gasteiger partial charge in [0.25, 0.3) is 0 Å². The Hall–Kier alpha value is -2.27. The molecule has 0 aliphatic rings. The Morgan fingerprint density at radius 1 is 1.05 bits per heavy atom. The third-order valence-corrected chi connectivity index (χ3v) is 4.12. The lowest BCUT2D eigenvalue weighted by molar-refractivity contribution is 0.0970. The van der Waals surface area contributed by atoms with Crippen LogP contribution in [0.3, 0.4) is 0 Å². The Morgan fingerprint density at radius 2 is 1.68 bits per heavy atom. The Morgan fingerprint density at radius 3 is 2.27 bits per heavy atom. The summed E-state index contributed by atoms with van der Waals surface area (Å²) < 4.78 is 4.61. The number of thioether (sulfide) groups is 1. The van der Waals surface area contributed by atoms with Gasteiger partial charge in [-0.05, 0) is 19.1 Å². The zero-order valence-electron chi connectivity index (χ0n) is 12.4. The van der Waals surface area contributed by atoms with E-state index >= 15 is 0 Å². The van der Waals surface area contributed by atoms with Crippen molar-refractivity contribution in [3.63, 3.8) is 0 Å². The van der Waals surface area contributed by atoms with Crippen molar-refractivity contribution in [1.29, 1.82) is 0 Å². The zero-order chi connectivity index (χ0) is 15.9. The zero-order valence-corrected chi connectivity index (χ0v) is 13.2. The summed E-state index contributed by atoms with van der Waals surface area (Å²) in [5, 5.41) is 1.84. The van der Waals surface area contributed by atoms with Gasteiger partial charge in [-0.25, -0.2) is 4.79 Å². The SMILES string of the molecule is COC(=O)NC(Sc1ccc(C)cc1)C(=O)c1ccccc1. The molecule has 0 heterocycles. The molecule has 2 rings (SSSR count). The van der Waals surface area contributed by atoms with E-state index in [0.717, 1.165) is 10.5 Å². The lowest BCUT2D eigenvalue weighted by Gasteiger charge is -2.16. The second-order valence-electron chi connectivity index (χ2n) is 4.68. The molecule has 0 bridgehead atoms. The lowest BCUT2D eigenvalue weighted by atomic mass is 10.1. The van der Waals surface area contributed by atoms with Crippen molar-refractivity contribution < 1.29 is 14.3 Å². The van der Waals surface area contributed by atoms with Crippen molar-refractivity contribution in [2.24, 2.45) is 0 Å². The number of carbonyl (C=O) groups excluding carboxylic acids is 2. The molecule has 0 aliphatic carbocycles. The number of nitrogens with one attached hydrogen (secondary N) is 1. The first-order chi connectivity index (χ1) is 10.6. The molecule has 5 heteroatoms. The van der Waals surface area contributed by atoms with Gasteiger partial charge in [0.05, 0.1) is 7.11 Å². The normalized spacial score (nSPS) is 11.5. The van der Waals surface area contributed by atoms with Gasteiger partial charge in [0.1, 0.15) is 5.37 Å². The van der Waals surface area contributed by atoms with Gasteiger partial charge in [-0.2, -0.15) is 0 Å². The molecule has 22 heavy (non-hydrogen) atoms. The molecule has 2 aromatic carbocycles. The van der Waals surface area contributed by atoms with Gasteiger partial charge in [-0.15, -0.1) is 0 Å². The number of Topliss-reactive ketones (excluding diaryl/α,β-unsaturated/α-hetero) is 1. The quantitative estimate of drug-likeness (QED) is 0.520. The van der Waals surface area contributed by atoms with Crippen LogP contribution in [0.1, 0.15) is 15.9 Å². The van der Waals surface area contributed by atoms with E-state index in [0.29, 0.717) is 5.56 Å². The van der Waals surface area contributed by atoms with Crippen molar-refractivity contribution in [2.75, 3.05) is 7.11 Å². The van der Waals surface area contributed by atoms with E-state index in [1.54, 1.807) is 24.3 Å². The Bertz CT molecular complexity index is 641. The maximum absolute atomic E-state index is 12.6. The number of hydrogen-bond donors (Lipinski definition) is 1. The van der Waals surface area contributed by atoms with Crippen LogP contribution < -0.4 is 5.32 Å². The molecule has 0 saturated carbocycles. The number of ketones is 1. The predicted molar refractivity (Wildman–Crippen MR) is 87.1 cm³/mol. The Labute approximate surface area is 133 Å². The summed E-state index contributed by atoms with van der Waals surface area (Å²) in [4.78, 5) is 25.0. The van der Waals surface area contributed by atoms with Crippen LogP contribution in [0.25, 0.3) is 0 Å². The van der Waals surface area contributed by atoms with Crippen LogP contribution in [0, 0.1) is 6.92 Å². The number of alkyl carbamates (subject to hydrolysis) is 1. The highest BCUT2D eigenvalue weighted by atomic mass is 32.2. The molecule has 0 aromatic heterocycles. The van der Waals surface area contributed by atoms with Crippen molar-refractivity contribution >= 4 is 23.6 Å². The minimum absolute atomic E-state index is 0.170. The maximum atomic E-state index is 12.6. The van der Waals surface area contributed by atoms with E-state index in [-0.39, 0.29) is 5.78 Å². The topological polar surface area (TPSA) is 55.4 Å². The monoisotopic (exact) mass is 315 g/mol. The van der Waals surface area contributed by atoms with Gasteiger partial charge >= 0.3 is 6.09 Å². The van der Waals surface area contributed by atoms with Crippen LogP contribution in [0.5, 0.6) is 0 Å². The number of rotatable bonds is 5. The molecule has 0 spiro atoms. The average molecular weight is 315 g/mol. The number of amides is 1. The summed E-state index contributed by atoms with van der Waals surface area (Å²) in [5.74, 6) is -0.170. The molecule has 4 nitrogen and oxygen atoms in total. The minimum atomic E-state index is -0.738. The third kappa shape index (κ3) is 4.36. The van der Waals surface area contributed by atoms with E-state index in [1.165, 1.54) is 18.9 Å². The van der Waals surface area contributed by atoms with Crippen LogP contribution in [0.15, 0.2) is 59.5 Å². The molecule has 2 aromatic rings.